The number of aliphatic hydroxyl groups is 2. The van der Waals surface area contributed by atoms with Crippen LogP contribution < -0.4 is 0 Å². The van der Waals surface area contributed by atoms with Gasteiger partial charge in [-0.3, -0.25) is 0 Å². The molecular weight excluding hydrogens is 406 g/mol. The Morgan fingerprint density at radius 2 is 2.33 bits per heavy atom. The van der Waals surface area contributed by atoms with Gasteiger partial charge in [-0.2, -0.15) is 29.8 Å². The Kier molecular flexibility index (Phi) is 4.22. The molecule has 18 heavy (non-hydrogen) atoms. The molecule has 3 atom stereocenters. The van der Waals surface area contributed by atoms with Gasteiger partial charge in [0.15, 0.2) is 5.79 Å². The van der Waals surface area contributed by atoms with Crippen molar-refractivity contribution in [1.29, 1.82) is 0 Å². The Morgan fingerprint density at radius 3 is 3.06 bits per heavy atom. The van der Waals surface area contributed by atoms with Crippen molar-refractivity contribution in [3.05, 3.63) is 35.4 Å². The van der Waals surface area contributed by atoms with Crippen molar-refractivity contribution < 1.29 is 40.1 Å². The molecule has 1 aromatic rings. The fraction of sp³-hybridized carbons (Fsp3) is 0.538. The second-order valence-corrected chi connectivity index (χ2v) is 4.66. The van der Waals surface area contributed by atoms with Gasteiger partial charge >= 0.3 is 0 Å². The van der Waals surface area contributed by atoms with Gasteiger partial charge in [-0.1, -0.05) is 0 Å². The molecule has 1 aromatic carbocycles. The van der Waals surface area contributed by atoms with Gasteiger partial charge in [0.05, 0.1) is 12.7 Å². The molecule has 3 rings (SSSR count). The van der Waals surface area contributed by atoms with E-state index in [1.54, 1.807) is 0 Å². The van der Waals surface area contributed by atoms with Crippen molar-refractivity contribution in [2.24, 2.45) is 0 Å². The summed E-state index contributed by atoms with van der Waals surface area (Å²) in [5.74, 6) is -0.780. The Labute approximate surface area is 120 Å². The first-order valence-corrected chi connectivity index (χ1v) is 5.82. The minimum Gasteiger partial charge on any atom is -0.394 e. The van der Waals surface area contributed by atoms with Crippen LogP contribution in [0.4, 0.5) is 0 Å². The van der Waals surface area contributed by atoms with Crippen molar-refractivity contribution in [1.82, 2.24) is 0 Å². The molecule has 3 unspecified atom stereocenters. The Morgan fingerprint density at radius 1 is 1.50 bits per heavy atom. The fourth-order valence-corrected chi connectivity index (χ4v) is 2.55. The number of rotatable bonds is 1. The van der Waals surface area contributed by atoms with Crippen LogP contribution in [0.1, 0.15) is 17.5 Å². The molecule has 0 aliphatic carbocycles. The summed E-state index contributed by atoms with van der Waals surface area (Å²) in [5.41, 5.74) is 2.19. The Balaban J connectivity index is 0.00000120. The van der Waals surface area contributed by atoms with E-state index < -0.39 is 18.0 Å². The molecule has 5 heteroatoms. The van der Waals surface area contributed by atoms with Crippen LogP contribution in [-0.4, -0.2) is 34.8 Å². The third kappa shape index (κ3) is 2.39. The maximum Gasteiger partial charge on any atom is 0.172 e. The van der Waals surface area contributed by atoms with Crippen LogP contribution >= 0.6 is 0 Å². The summed E-state index contributed by atoms with van der Waals surface area (Å²) >= 11 is 0. The van der Waals surface area contributed by atoms with Gasteiger partial charge in [-0.05, 0) is 0 Å². The van der Waals surface area contributed by atoms with Crippen LogP contribution in [0.25, 0.3) is 0 Å². The SMILES string of the molecule is OCC1OC2(Cc3[c-]cccc3CO2)CC1O.[Re]. The third-order valence-electron chi connectivity index (χ3n) is 3.47. The van der Waals surface area contributed by atoms with Gasteiger partial charge in [0.2, 0.25) is 0 Å². The van der Waals surface area contributed by atoms with E-state index in [2.05, 4.69) is 6.07 Å². The van der Waals surface area contributed by atoms with E-state index in [1.807, 2.05) is 18.2 Å². The molecular formula is C13H15O4Re-. The van der Waals surface area contributed by atoms with Crippen LogP contribution in [0.2, 0.25) is 0 Å². The molecule has 0 amide bonds. The number of ether oxygens (including phenoxy) is 2. The van der Waals surface area contributed by atoms with Gasteiger partial charge in [-0.15, -0.1) is 5.56 Å². The van der Waals surface area contributed by atoms with Crippen molar-refractivity contribution in [3.63, 3.8) is 0 Å². The van der Waals surface area contributed by atoms with E-state index in [0.717, 1.165) is 11.1 Å². The molecule has 1 fully saturated rings. The molecule has 4 nitrogen and oxygen atoms in total. The maximum atomic E-state index is 9.78. The topological polar surface area (TPSA) is 58.9 Å². The van der Waals surface area contributed by atoms with Crippen molar-refractivity contribution in [2.45, 2.75) is 37.4 Å². The summed E-state index contributed by atoms with van der Waals surface area (Å²) in [6, 6.07) is 8.99. The second kappa shape index (κ2) is 5.38. The summed E-state index contributed by atoms with van der Waals surface area (Å²) in [6.07, 6.45) is -0.220. The molecule has 1 radical (unpaired) electrons. The zero-order valence-corrected chi connectivity index (χ0v) is 12.5. The van der Waals surface area contributed by atoms with Gasteiger partial charge in [0, 0.05) is 39.9 Å². The van der Waals surface area contributed by atoms with Crippen molar-refractivity contribution >= 4 is 0 Å². The quantitative estimate of drug-likeness (QED) is 0.645. The smallest absolute Gasteiger partial charge is 0.172 e. The molecule has 0 bridgehead atoms. The van der Waals surface area contributed by atoms with Gasteiger partial charge < -0.3 is 19.7 Å². The van der Waals surface area contributed by atoms with Crippen molar-refractivity contribution in [3.8, 4) is 0 Å². The first-order chi connectivity index (χ1) is 8.22. The molecule has 2 aliphatic rings. The monoisotopic (exact) mass is 422 g/mol. The van der Waals surface area contributed by atoms with Crippen LogP contribution in [0.3, 0.4) is 0 Å². The van der Waals surface area contributed by atoms with Crippen molar-refractivity contribution in [2.75, 3.05) is 6.61 Å². The Bertz CT molecular complexity index is 425. The molecule has 2 aliphatic heterocycles. The minimum absolute atomic E-state index is 0. The summed E-state index contributed by atoms with van der Waals surface area (Å²) < 4.78 is 11.4. The van der Waals surface area contributed by atoms with Gasteiger partial charge in [-0.25, -0.2) is 0 Å². The normalized spacial score (nSPS) is 34.1. The number of benzene rings is 1. The summed E-state index contributed by atoms with van der Waals surface area (Å²) in [6.45, 7) is 0.287. The van der Waals surface area contributed by atoms with E-state index in [4.69, 9.17) is 14.6 Å². The third-order valence-corrected chi connectivity index (χ3v) is 3.47. The fourth-order valence-electron chi connectivity index (χ4n) is 2.55. The number of aliphatic hydroxyl groups excluding tert-OH is 2. The summed E-state index contributed by atoms with van der Waals surface area (Å²) in [4.78, 5) is 0. The van der Waals surface area contributed by atoms with Crippen LogP contribution in [-0.2, 0) is 42.9 Å². The summed E-state index contributed by atoms with van der Waals surface area (Å²) in [5, 5.41) is 18.9. The first kappa shape index (κ1) is 14.1. The molecule has 2 N–H and O–H groups in total. The predicted molar refractivity (Wildman–Crippen MR) is 59.1 cm³/mol. The zero-order valence-electron chi connectivity index (χ0n) is 9.80. The number of hydrogen-bond donors (Lipinski definition) is 2. The second-order valence-electron chi connectivity index (χ2n) is 4.66. The van der Waals surface area contributed by atoms with E-state index in [9.17, 15) is 5.11 Å². The molecule has 99 valence electrons. The zero-order chi connectivity index (χ0) is 11.9. The van der Waals surface area contributed by atoms with Gasteiger partial charge in [0.1, 0.15) is 6.10 Å². The largest absolute Gasteiger partial charge is 0.394 e. The van der Waals surface area contributed by atoms with E-state index in [1.165, 1.54) is 0 Å². The number of fused-ring (bicyclic) bond motifs is 1. The molecule has 0 aromatic heterocycles. The van der Waals surface area contributed by atoms with Gasteiger partial charge in [0.25, 0.3) is 0 Å². The minimum atomic E-state index is -0.780. The molecule has 0 saturated carbocycles. The van der Waals surface area contributed by atoms with Crippen LogP contribution in [0.5, 0.6) is 0 Å². The van der Waals surface area contributed by atoms with E-state index in [-0.39, 0.29) is 27.0 Å². The van der Waals surface area contributed by atoms with E-state index in [0.29, 0.717) is 19.4 Å². The Hall–Kier alpha value is -0.278. The average molecular weight is 421 g/mol. The summed E-state index contributed by atoms with van der Waals surface area (Å²) in [7, 11) is 0. The average Bonchev–Trinajstić information content (AvgIpc) is 2.65. The molecule has 2 heterocycles. The maximum absolute atomic E-state index is 9.78. The first-order valence-electron chi connectivity index (χ1n) is 5.82. The number of hydrogen-bond acceptors (Lipinski definition) is 4. The molecule has 1 saturated heterocycles. The van der Waals surface area contributed by atoms with Crippen LogP contribution in [0, 0.1) is 6.07 Å². The predicted octanol–water partition coefficient (Wildman–Crippen LogP) is 0.395. The standard InChI is InChI=1S/C13H15O4.Re/c14-7-12-11(15)6-13(17-12)5-9-3-1-2-4-10(9)8-16-13;/h1-2,4,11-12,14-15H,5-8H2;/q-1;. The molecule has 1 spiro atoms. The van der Waals surface area contributed by atoms with Crippen LogP contribution in [0.15, 0.2) is 18.2 Å². The van der Waals surface area contributed by atoms with E-state index >= 15 is 0 Å².